The first-order valence-electron chi connectivity index (χ1n) is 9.43. The summed E-state index contributed by atoms with van der Waals surface area (Å²) in [6, 6.07) is 1.47. The number of nitrogens with zero attached hydrogens (tertiary/aromatic N) is 3. The topological polar surface area (TPSA) is 50.2 Å². The Balaban J connectivity index is 1.48. The maximum Gasteiger partial charge on any atom is 0.435 e. The van der Waals surface area contributed by atoms with E-state index in [1.807, 2.05) is 0 Å². The molecule has 0 aromatic carbocycles. The highest BCUT2D eigenvalue weighted by atomic mass is 19.4. The van der Waals surface area contributed by atoms with E-state index >= 15 is 0 Å². The molecule has 3 atom stereocenters. The number of amides is 1. The van der Waals surface area contributed by atoms with Gasteiger partial charge in [0.2, 0.25) is 5.91 Å². The fraction of sp³-hybridized carbons (Fsp3) is 0.778. The second kappa shape index (κ2) is 6.25. The van der Waals surface area contributed by atoms with E-state index in [0.717, 1.165) is 44.6 Å². The lowest BCUT2D eigenvalue weighted by Crippen LogP contribution is -2.50. The average molecular weight is 370 g/mol. The predicted molar refractivity (Wildman–Crippen MR) is 89.7 cm³/mol. The minimum absolute atomic E-state index is 0.0908. The van der Waals surface area contributed by atoms with E-state index in [-0.39, 0.29) is 17.9 Å². The molecule has 8 heteroatoms. The van der Waals surface area contributed by atoms with E-state index < -0.39 is 17.9 Å². The van der Waals surface area contributed by atoms with Gasteiger partial charge in [0.1, 0.15) is 6.04 Å². The zero-order valence-corrected chi connectivity index (χ0v) is 15.1. The largest absolute Gasteiger partial charge is 0.435 e. The standard InChI is InChI=1S/C18H25F3N4O/c1-10(17(26)22-12-7-13-5-6-14(8-12)24(13)2)25-15(11-3-4-11)9-16(23-25)18(19,20)21/h9-14H,3-8H2,1-2H3,(H,22,26). The molecular formula is C18H25F3N4O. The first-order valence-corrected chi connectivity index (χ1v) is 9.43. The molecule has 3 fully saturated rings. The molecule has 0 radical (unpaired) electrons. The van der Waals surface area contributed by atoms with E-state index in [2.05, 4.69) is 22.4 Å². The first kappa shape index (κ1) is 17.8. The summed E-state index contributed by atoms with van der Waals surface area (Å²) in [6.07, 6.45) is 1.36. The predicted octanol–water partition coefficient (Wildman–Crippen LogP) is 3.08. The van der Waals surface area contributed by atoms with Crippen LogP contribution < -0.4 is 5.32 Å². The molecule has 26 heavy (non-hydrogen) atoms. The molecule has 2 saturated heterocycles. The number of alkyl halides is 3. The third-order valence-electron chi connectivity index (χ3n) is 6.24. The van der Waals surface area contributed by atoms with Crippen LogP contribution in [0.2, 0.25) is 0 Å². The Kier molecular flexibility index (Phi) is 4.28. The number of aromatic nitrogens is 2. The van der Waals surface area contributed by atoms with E-state index in [1.54, 1.807) is 6.92 Å². The maximum absolute atomic E-state index is 13.1. The van der Waals surface area contributed by atoms with Crippen LogP contribution in [0.3, 0.4) is 0 Å². The van der Waals surface area contributed by atoms with E-state index in [0.29, 0.717) is 17.8 Å². The number of carbonyl (C=O) groups excluding carboxylic acids is 1. The summed E-state index contributed by atoms with van der Waals surface area (Å²) in [7, 11) is 2.13. The SMILES string of the molecule is CC(C(=O)NC1CC2CCC(C1)N2C)n1nc(C(F)(F)F)cc1C1CC1. The van der Waals surface area contributed by atoms with Crippen LogP contribution in [-0.4, -0.2) is 45.8 Å². The van der Waals surface area contributed by atoms with Gasteiger partial charge in [-0.15, -0.1) is 0 Å². The molecule has 1 amide bonds. The van der Waals surface area contributed by atoms with E-state index in [4.69, 9.17) is 0 Å². The lowest BCUT2D eigenvalue weighted by atomic mass is 9.98. The summed E-state index contributed by atoms with van der Waals surface area (Å²) in [5, 5.41) is 6.80. The molecule has 1 aromatic rings. The monoisotopic (exact) mass is 370 g/mol. The summed E-state index contributed by atoms with van der Waals surface area (Å²) in [4.78, 5) is 15.1. The zero-order valence-electron chi connectivity index (χ0n) is 15.1. The van der Waals surface area contributed by atoms with Gasteiger partial charge in [0.15, 0.2) is 5.69 Å². The highest BCUT2D eigenvalue weighted by Gasteiger charge is 2.41. The number of hydrogen-bond acceptors (Lipinski definition) is 3. The first-order chi connectivity index (χ1) is 12.2. The molecule has 3 aliphatic rings. The van der Waals surface area contributed by atoms with Gasteiger partial charge < -0.3 is 10.2 Å². The van der Waals surface area contributed by atoms with Crippen LogP contribution in [-0.2, 0) is 11.0 Å². The van der Waals surface area contributed by atoms with Crippen LogP contribution in [0.25, 0.3) is 0 Å². The third-order valence-corrected chi connectivity index (χ3v) is 6.24. The average Bonchev–Trinajstić information content (AvgIpc) is 3.28. The fourth-order valence-electron chi connectivity index (χ4n) is 4.50. The number of rotatable bonds is 4. The molecule has 3 unspecified atom stereocenters. The van der Waals surface area contributed by atoms with Gasteiger partial charge in [0, 0.05) is 29.7 Å². The Bertz CT molecular complexity index is 683. The summed E-state index contributed by atoms with van der Waals surface area (Å²) in [6.45, 7) is 1.64. The lowest BCUT2D eigenvalue weighted by molar-refractivity contribution is -0.142. The van der Waals surface area contributed by atoms with Gasteiger partial charge in [-0.3, -0.25) is 9.48 Å². The normalized spacial score (nSPS) is 30.4. The van der Waals surface area contributed by atoms with Crippen LogP contribution >= 0.6 is 0 Å². The highest BCUT2D eigenvalue weighted by Crippen LogP contribution is 2.43. The molecule has 2 bridgehead atoms. The molecule has 1 aromatic heterocycles. The number of halogens is 3. The van der Waals surface area contributed by atoms with Crippen LogP contribution in [0.5, 0.6) is 0 Å². The number of hydrogen-bond donors (Lipinski definition) is 1. The summed E-state index contributed by atoms with van der Waals surface area (Å²) < 4.78 is 40.4. The number of carbonyl (C=O) groups is 1. The quantitative estimate of drug-likeness (QED) is 0.886. The second-order valence-corrected chi connectivity index (χ2v) is 8.07. The van der Waals surface area contributed by atoms with Gasteiger partial charge >= 0.3 is 6.18 Å². The smallest absolute Gasteiger partial charge is 0.351 e. The summed E-state index contributed by atoms with van der Waals surface area (Å²) in [5.41, 5.74) is -0.375. The molecule has 2 aliphatic heterocycles. The molecule has 1 saturated carbocycles. The van der Waals surface area contributed by atoms with Crippen LogP contribution in [0.4, 0.5) is 13.2 Å². The van der Waals surface area contributed by atoms with E-state index in [9.17, 15) is 18.0 Å². The van der Waals surface area contributed by atoms with Crippen LogP contribution in [0.15, 0.2) is 6.07 Å². The van der Waals surface area contributed by atoms with Gasteiger partial charge in [0.05, 0.1) is 0 Å². The molecule has 5 nitrogen and oxygen atoms in total. The van der Waals surface area contributed by atoms with Gasteiger partial charge in [-0.1, -0.05) is 0 Å². The molecule has 4 rings (SSSR count). The van der Waals surface area contributed by atoms with Crippen molar-refractivity contribution < 1.29 is 18.0 Å². The van der Waals surface area contributed by atoms with Crippen molar-refractivity contribution in [1.82, 2.24) is 20.0 Å². The van der Waals surface area contributed by atoms with Gasteiger partial charge in [-0.2, -0.15) is 18.3 Å². The van der Waals surface area contributed by atoms with Crippen molar-refractivity contribution in [2.75, 3.05) is 7.05 Å². The maximum atomic E-state index is 13.1. The van der Waals surface area contributed by atoms with Gasteiger partial charge in [-0.25, -0.2) is 0 Å². The minimum Gasteiger partial charge on any atom is -0.351 e. The Labute approximate surface area is 150 Å². The molecule has 3 heterocycles. The second-order valence-electron chi connectivity index (χ2n) is 8.07. The van der Waals surface area contributed by atoms with Crippen LogP contribution in [0, 0.1) is 0 Å². The van der Waals surface area contributed by atoms with Crippen LogP contribution in [0.1, 0.15) is 68.8 Å². The van der Waals surface area contributed by atoms with Crippen molar-refractivity contribution in [1.29, 1.82) is 0 Å². The summed E-state index contributed by atoms with van der Waals surface area (Å²) >= 11 is 0. The van der Waals surface area contributed by atoms with Crippen molar-refractivity contribution in [3.05, 3.63) is 17.5 Å². The lowest BCUT2D eigenvalue weighted by Gasteiger charge is -2.37. The molecule has 1 aliphatic carbocycles. The molecule has 144 valence electrons. The Morgan fingerprint density at radius 2 is 1.85 bits per heavy atom. The number of nitrogens with one attached hydrogen (secondary N) is 1. The van der Waals surface area contributed by atoms with Crippen molar-refractivity contribution in [2.24, 2.45) is 0 Å². The molecule has 0 spiro atoms. The zero-order chi connectivity index (χ0) is 18.6. The van der Waals surface area contributed by atoms with Crippen molar-refractivity contribution in [3.8, 4) is 0 Å². The number of fused-ring (bicyclic) bond motifs is 2. The van der Waals surface area contributed by atoms with Crippen molar-refractivity contribution in [3.63, 3.8) is 0 Å². The molecule has 1 N–H and O–H groups in total. The Morgan fingerprint density at radius 3 is 2.38 bits per heavy atom. The molecular weight excluding hydrogens is 345 g/mol. The van der Waals surface area contributed by atoms with Gasteiger partial charge in [-0.05, 0) is 58.6 Å². The Morgan fingerprint density at radius 1 is 1.23 bits per heavy atom. The third kappa shape index (κ3) is 3.23. The summed E-state index contributed by atoms with van der Waals surface area (Å²) in [5.74, 6) is -0.147. The van der Waals surface area contributed by atoms with Gasteiger partial charge in [0.25, 0.3) is 0 Å². The minimum atomic E-state index is -4.49. The Hall–Kier alpha value is -1.57. The number of piperidine rings is 1. The van der Waals surface area contributed by atoms with Crippen molar-refractivity contribution in [2.45, 2.75) is 81.7 Å². The highest BCUT2D eigenvalue weighted by molar-refractivity contribution is 5.80. The van der Waals surface area contributed by atoms with Crippen molar-refractivity contribution >= 4 is 5.91 Å². The fourth-order valence-corrected chi connectivity index (χ4v) is 4.50. The van der Waals surface area contributed by atoms with E-state index in [1.165, 1.54) is 4.68 Å².